The van der Waals surface area contributed by atoms with Crippen LogP contribution in [0.2, 0.25) is 5.02 Å². The van der Waals surface area contributed by atoms with E-state index in [1.807, 2.05) is 0 Å². The molecule has 0 heterocycles. The van der Waals surface area contributed by atoms with Gasteiger partial charge >= 0.3 is 5.69 Å². The maximum atomic E-state index is 10.8. The molecule has 1 aromatic carbocycles. The number of ether oxygens (including phenoxy) is 1. The predicted octanol–water partition coefficient (Wildman–Crippen LogP) is 3.97. The first-order valence-electron chi connectivity index (χ1n) is 5.72. The maximum Gasteiger partial charge on any atom is 0.312 e. The molecule has 0 saturated heterocycles. The van der Waals surface area contributed by atoms with E-state index in [0.29, 0.717) is 12.5 Å². The van der Waals surface area contributed by atoms with Crippen LogP contribution in [0.25, 0.3) is 0 Å². The lowest BCUT2D eigenvalue weighted by atomic mass is 10.1. The van der Waals surface area contributed by atoms with E-state index in [4.69, 9.17) is 16.3 Å². The summed E-state index contributed by atoms with van der Waals surface area (Å²) in [7, 11) is 0. The third-order valence-electron chi connectivity index (χ3n) is 2.62. The van der Waals surface area contributed by atoms with Crippen molar-refractivity contribution in [3.63, 3.8) is 0 Å². The van der Waals surface area contributed by atoms with E-state index in [-0.39, 0.29) is 16.5 Å². The first kappa shape index (κ1) is 15.1. The number of halogens is 1. The molecule has 0 bridgehead atoms. The number of nitrogens with zero attached hydrogens (tertiary/aromatic N) is 1. The number of nitro benzene ring substituents is 1. The van der Waals surface area contributed by atoms with Gasteiger partial charge in [-0.15, -0.1) is 0 Å². The van der Waals surface area contributed by atoms with Crippen LogP contribution in [-0.2, 0) is 0 Å². The summed E-state index contributed by atoms with van der Waals surface area (Å²) in [6.45, 7) is 2.51. The van der Waals surface area contributed by atoms with Crippen molar-refractivity contribution in [2.24, 2.45) is 5.92 Å². The van der Waals surface area contributed by atoms with Crippen LogP contribution in [0.4, 0.5) is 5.69 Å². The molecule has 4 nitrogen and oxygen atoms in total. The summed E-state index contributed by atoms with van der Waals surface area (Å²) in [5, 5.41) is 11.1. The van der Waals surface area contributed by atoms with Gasteiger partial charge in [0.05, 0.1) is 16.6 Å². The van der Waals surface area contributed by atoms with Gasteiger partial charge in [-0.1, -0.05) is 24.6 Å². The SMILES string of the molecule is CC(CCS)CCOc1c(Cl)cccc1[N+](=O)[O-]. The maximum absolute atomic E-state index is 10.8. The second-order valence-corrected chi connectivity index (χ2v) is 4.95. The number of benzene rings is 1. The highest BCUT2D eigenvalue weighted by Crippen LogP contribution is 2.34. The van der Waals surface area contributed by atoms with Crippen molar-refractivity contribution < 1.29 is 9.66 Å². The van der Waals surface area contributed by atoms with Crippen molar-refractivity contribution in [1.29, 1.82) is 0 Å². The summed E-state index contributed by atoms with van der Waals surface area (Å²) in [6, 6.07) is 4.51. The Morgan fingerprint density at radius 1 is 1.50 bits per heavy atom. The Balaban J connectivity index is 2.64. The minimum absolute atomic E-state index is 0.0932. The van der Waals surface area contributed by atoms with Gasteiger partial charge in [-0.2, -0.15) is 12.6 Å². The van der Waals surface area contributed by atoms with Crippen LogP contribution < -0.4 is 4.74 Å². The van der Waals surface area contributed by atoms with Gasteiger partial charge in [0.1, 0.15) is 0 Å². The van der Waals surface area contributed by atoms with Crippen LogP contribution in [0.3, 0.4) is 0 Å². The molecule has 1 aromatic rings. The van der Waals surface area contributed by atoms with E-state index in [9.17, 15) is 10.1 Å². The summed E-state index contributed by atoms with van der Waals surface area (Å²) >= 11 is 10.1. The Bertz CT molecular complexity index is 414. The third kappa shape index (κ3) is 4.38. The standard InChI is InChI=1S/C12H16ClNO3S/c1-9(6-8-18)5-7-17-12-10(13)3-2-4-11(12)14(15)16/h2-4,9,18H,5-8H2,1H3. The molecule has 1 atom stereocenters. The molecule has 0 radical (unpaired) electrons. The Kier molecular flexibility index (Phi) is 6.29. The highest BCUT2D eigenvalue weighted by molar-refractivity contribution is 7.80. The summed E-state index contributed by atoms with van der Waals surface area (Å²) in [5.74, 6) is 1.46. The zero-order valence-corrected chi connectivity index (χ0v) is 11.8. The van der Waals surface area contributed by atoms with Crippen molar-refractivity contribution in [3.05, 3.63) is 33.3 Å². The Labute approximate surface area is 117 Å². The van der Waals surface area contributed by atoms with Gasteiger partial charge < -0.3 is 4.74 Å². The summed E-state index contributed by atoms with van der Waals surface area (Å²) in [5.41, 5.74) is -0.0932. The first-order chi connectivity index (χ1) is 8.56. The van der Waals surface area contributed by atoms with Crippen LogP contribution in [0.15, 0.2) is 18.2 Å². The molecule has 6 heteroatoms. The Hall–Kier alpha value is -0.940. The van der Waals surface area contributed by atoms with Crippen LogP contribution in [0, 0.1) is 16.0 Å². The van der Waals surface area contributed by atoms with Gasteiger partial charge in [0.2, 0.25) is 5.75 Å². The third-order valence-corrected chi connectivity index (χ3v) is 3.18. The van der Waals surface area contributed by atoms with Crippen LogP contribution in [0.1, 0.15) is 19.8 Å². The highest BCUT2D eigenvalue weighted by atomic mass is 35.5. The van der Waals surface area contributed by atoms with Gasteiger partial charge in [-0.25, -0.2) is 0 Å². The van der Waals surface area contributed by atoms with E-state index in [1.165, 1.54) is 12.1 Å². The van der Waals surface area contributed by atoms with Crippen molar-refractivity contribution in [3.8, 4) is 5.75 Å². The molecular formula is C12H16ClNO3S. The molecule has 1 unspecified atom stereocenters. The number of thiol groups is 1. The minimum atomic E-state index is -0.488. The van der Waals surface area contributed by atoms with Gasteiger partial charge in [0.25, 0.3) is 0 Å². The smallest absolute Gasteiger partial charge is 0.312 e. The molecular weight excluding hydrogens is 274 g/mol. The van der Waals surface area contributed by atoms with Crippen molar-refractivity contribution in [2.75, 3.05) is 12.4 Å². The van der Waals surface area contributed by atoms with Crippen LogP contribution in [-0.4, -0.2) is 17.3 Å². The number of rotatable bonds is 7. The number of hydrogen-bond donors (Lipinski definition) is 1. The zero-order valence-electron chi connectivity index (χ0n) is 10.1. The molecule has 0 saturated carbocycles. The number of hydrogen-bond acceptors (Lipinski definition) is 4. The fraction of sp³-hybridized carbons (Fsp3) is 0.500. The minimum Gasteiger partial charge on any atom is -0.486 e. The first-order valence-corrected chi connectivity index (χ1v) is 6.74. The van der Waals surface area contributed by atoms with Crippen LogP contribution in [0.5, 0.6) is 5.75 Å². The van der Waals surface area contributed by atoms with Gasteiger partial charge in [0.15, 0.2) is 0 Å². The molecule has 0 aliphatic rings. The monoisotopic (exact) mass is 289 g/mol. The molecule has 0 amide bonds. The molecule has 0 aliphatic heterocycles. The quantitative estimate of drug-likeness (QED) is 0.469. The lowest BCUT2D eigenvalue weighted by molar-refractivity contribution is -0.385. The molecule has 0 fully saturated rings. The Morgan fingerprint density at radius 3 is 2.83 bits per heavy atom. The highest BCUT2D eigenvalue weighted by Gasteiger charge is 2.18. The molecule has 0 spiro atoms. The van der Waals surface area contributed by atoms with E-state index in [2.05, 4.69) is 19.6 Å². The fourth-order valence-electron chi connectivity index (χ4n) is 1.51. The zero-order chi connectivity index (χ0) is 13.5. The average Bonchev–Trinajstić information content (AvgIpc) is 2.31. The normalized spacial score (nSPS) is 12.2. The predicted molar refractivity (Wildman–Crippen MR) is 75.9 cm³/mol. The summed E-state index contributed by atoms with van der Waals surface area (Å²) in [4.78, 5) is 10.3. The summed E-state index contributed by atoms with van der Waals surface area (Å²) < 4.78 is 5.45. The van der Waals surface area contributed by atoms with E-state index < -0.39 is 4.92 Å². The second kappa shape index (κ2) is 7.48. The van der Waals surface area contributed by atoms with E-state index >= 15 is 0 Å². The number of para-hydroxylation sites is 1. The molecule has 0 aliphatic carbocycles. The lowest BCUT2D eigenvalue weighted by Crippen LogP contribution is -2.06. The molecule has 0 N–H and O–H groups in total. The summed E-state index contributed by atoms with van der Waals surface area (Å²) in [6.07, 6.45) is 1.82. The molecule has 18 heavy (non-hydrogen) atoms. The van der Waals surface area contributed by atoms with Gasteiger partial charge in [-0.3, -0.25) is 10.1 Å². The van der Waals surface area contributed by atoms with Gasteiger partial charge in [0, 0.05) is 6.07 Å². The van der Waals surface area contributed by atoms with E-state index in [0.717, 1.165) is 18.6 Å². The Morgan fingerprint density at radius 2 is 2.22 bits per heavy atom. The fourth-order valence-corrected chi connectivity index (χ4v) is 2.18. The van der Waals surface area contributed by atoms with Gasteiger partial charge in [-0.05, 0) is 30.6 Å². The van der Waals surface area contributed by atoms with Crippen LogP contribution >= 0.6 is 24.2 Å². The van der Waals surface area contributed by atoms with Crippen molar-refractivity contribution in [1.82, 2.24) is 0 Å². The van der Waals surface area contributed by atoms with Crippen molar-refractivity contribution in [2.45, 2.75) is 19.8 Å². The topological polar surface area (TPSA) is 52.4 Å². The molecule has 0 aromatic heterocycles. The number of nitro groups is 1. The second-order valence-electron chi connectivity index (χ2n) is 4.10. The van der Waals surface area contributed by atoms with E-state index in [1.54, 1.807) is 6.07 Å². The largest absolute Gasteiger partial charge is 0.486 e. The molecule has 1 rings (SSSR count). The average molecular weight is 290 g/mol. The molecule has 100 valence electrons. The lowest BCUT2D eigenvalue weighted by Gasteiger charge is -2.11. The van der Waals surface area contributed by atoms with Crippen molar-refractivity contribution >= 4 is 29.9 Å².